The van der Waals surface area contributed by atoms with Gasteiger partial charge in [0.05, 0.1) is 6.20 Å². The molecule has 1 aliphatic rings. The van der Waals surface area contributed by atoms with E-state index in [1.807, 2.05) is 0 Å². The summed E-state index contributed by atoms with van der Waals surface area (Å²) in [4.78, 5) is 17.8. The molecule has 0 aliphatic heterocycles. The molecule has 1 aliphatic carbocycles. The predicted octanol–water partition coefficient (Wildman–Crippen LogP) is 1.60. The Bertz CT molecular complexity index is 404. The van der Waals surface area contributed by atoms with E-state index in [0.717, 1.165) is 25.5 Å². The van der Waals surface area contributed by atoms with Crippen LogP contribution < -0.4 is 0 Å². The Labute approximate surface area is 105 Å². The number of carbonyl (C=O) groups is 1. The fraction of sp³-hybridized carbons (Fsp3) is 0.538. The molecule has 1 N–H and O–H groups in total. The largest absolute Gasteiger partial charge is 0.396 e. The van der Waals surface area contributed by atoms with E-state index < -0.39 is 5.82 Å². The normalized spacial score (nSPS) is 15.2. The summed E-state index contributed by atoms with van der Waals surface area (Å²) in [5, 5.41) is 8.87. The maximum absolute atomic E-state index is 12.8. The van der Waals surface area contributed by atoms with Crippen LogP contribution in [0.5, 0.6) is 0 Å². The van der Waals surface area contributed by atoms with Crippen molar-refractivity contribution in [3.8, 4) is 0 Å². The molecule has 0 unspecified atom stereocenters. The molecule has 1 heterocycles. The Hall–Kier alpha value is -1.49. The maximum atomic E-state index is 12.8. The highest BCUT2D eigenvalue weighted by atomic mass is 19.1. The second-order valence-corrected chi connectivity index (χ2v) is 4.52. The summed E-state index contributed by atoms with van der Waals surface area (Å²) in [6, 6.07) is 2.89. The number of hydrogen-bond donors (Lipinski definition) is 1. The number of amides is 1. The van der Waals surface area contributed by atoms with E-state index >= 15 is 0 Å². The monoisotopic (exact) mass is 252 g/mol. The van der Waals surface area contributed by atoms with E-state index in [-0.39, 0.29) is 24.2 Å². The van der Waals surface area contributed by atoms with Gasteiger partial charge >= 0.3 is 0 Å². The quantitative estimate of drug-likeness (QED) is 0.866. The Morgan fingerprint density at radius 3 is 2.78 bits per heavy atom. The minimum absolute atomic E-state index is 0.0628. The minimum Gasteiger partial charge on any atom is -0.396 e. The average Bonchev–Trinajstić information content (AvgIpc) is 2.32. The molecule has 2 rings (SSSR count). The summed E-state index contributed by atoms with van der Waals surface area (Å²) in [7, 11) is 0. The van der Waals surface area contributed by atoms with Crippen LogP contribution in [0.4, 0.5) is 4.39 Å². The van der Waals surface area contributed by atoms with Gasteiger partial charge in [0.2, 0.25) is 0 Å². The van der Waals surface area contributed by atoms with Crippen molar-refractivity contribution in [2.75, 3.05) is 13.2 Å². The molecule has 1 saturated carbocycles. The Balaban J connectivity index is 2.08. The van der Waals surface area contributed by atoms with Crippen LogP contribution in [0.1, 0.15) is 36.2 Å². The number of aliphatic hydroxyl groups is 1. The number of carbonyl (C=O) groups excluding carboxylic acids is 1. The van der Waals surface area contributed by atoms with Crippen LogP contribution in [0.3, 0.4) is 0 Å². The first-order chi connectivity index (χ1) is 8.72. The zero-order chi connectivity index (χ0) is 13.0. The lowest BCUT2D eigenvalue weighted by Crippen LogP contribution is -2.45. The fourth-order valence-electron chi connectivity index (χ4n) is 2.04. The van der Waals surface area contributed by atoms with Crippen LogP contribution in [0.25, 0.3) is 0 Å². The molecule has 4 nitrogen and oxygen atoms in total. The van der Waals surface area contributed by atoms with Gasteiger partial charge in [-0.25, -0.2) is 9.37 Å². The lowest BCUT2D eigenvalue weighted by Gasteiger charge is -2.37. The van der Waals surface area contributed by atoms with Gasteiger partial charge in [0.15, 0.2) is 0 Å². The maximum Gasteiger partial charge on any atom is 0.272 e. The Kier molecular flexibility index (Phi) is 4.25. The van der Waals surface area contributed by atoms with Crippen molar-refractivity contribution >= 4 is 5.91 Å². The molecule has 1 fully saturated rings. The van der Waals surface area contributed by atoms with Crippen LogP contribution in [0.2, 0.25) is 0 Å². The average molecular weight is 252 g/mol. The highest BCUT2D eigenvalue weighted by molar-refractivity contribution is 5.92. The summed E-state index contributed by atoms with van der Waals surface area (Å²) < 4.78 is 12.8. The van der Waals surface area contributed by atoms with Gasteiger partial charge in [-0.15, -0.1) is 0 Å². The SMILES string of the molecule is O=C(c1ccc(F)cn1)N(CCCO)C1CCC1. The molecule has 0 bridgehead atoms. The Morgan fingerprint density at radius 1 is 1.50 bits per heavy atom. The zero-order valence-corrected chi connectivity index (χ0v) is 10.2. The zero-order valence-electron chi connectivity index (χ0n) is 10.2. The summed E-state index contributed by atoms with van der Waals surface area (Å²) in [6.45, 7) is 0.590. The number of aromatic nitrogens is 1. The van der Waals surface area contributed by atoms with E-state index in [9.17, 15) is 9.18 Å². The first-order valence-electron chi connectivity index (χ1n) is 6.26. The lowest BCUT2D eigenvalue weighted by atomic mass is 9.91. The van der Waals surface area contributed by atoms with Crippen molar-refractivity contribution in [2.45, 2.75) is 31.7 Å². The topological polar surface area (TPSA) is 53.4 Å². The molecule has 0 aromatic carbocycles. The molecule has 98 valence electrons. The van der Waals surface area contributed by atoms with Gasteiger partial charge in [-0.3, -0.25) is 4.79 Å². The molecule has 0 atom stereocenters. The first kappa shape index (κ1) is 13.0. The third-order valence-corrected chi connectivity index (χ3v) is 3.28. The summed E-state index contributed by atoms with van der Waals surface area (Å²) in [5.74, 6) is -0.620. The van der Waals surface area contributed by atoms with Crippen molar-refractivity contribution < 1.29 is 14.3 Å². The molecule has 5 heteroatoms. The summed E-state index contributed by atoms with van der Waals surface area (Å²) in [6.07, 6.45) is 4.74. The summed E-state index contributed by atoms with van der Waals surface area (Å²) in [5.41, 5.74) is 0.265. The second kappa shape index (κ2) is 5.91. The molecule has 0 radical (unpaired) electrons. The van der Waals surface area contributed by atoms with Crippen molar-refractivity contribution in [3.05, 3.63) is 29.8 Å². The van der Waals surface area contributed by atoms with E-state index in [0.29, 0.717) is 13.0 Å². The van der Waals surface area contributed by atoms with Crippen molar-refractivity contribution in [3.63, 3.8) is 0 Å². The third kappa shape index (κ3) is 2.85. The highest BCUT2D eigenvalue weighted by Crippen LogP contribution is 2.26. The lowest BCUT2D eigenvalue weighted by molar-refractivity contribution is 0.0556. The molecule has 1 aromatic heterocycles. The van der Waals surface area contributed by atoms with Gasteiger partial charge in [-0.05, 0) is 37.8 Å². The van der Waals surface area contributed by atoms with E-state index in [1.54, 1.807) is 4.90 Å². The van der Waals surface area contributed by atoms with E-state index in [1.165, 1.54) is 12.1 Å². The molecule has 1 aromatic rings. The number of aliphatic hydroxyl groups excluding tert-OH is 1. The number of pyridine rings is 1. The number of hydrogen-bond acceptors (Lipinski definition) is 3. The minimum atomic E-state index is -0.447. The van der Waals surface area contributed by atoms with Crippen LogP contribution in [0.15, 0.2) is 18.3 Å². The van der Waals surface area contributed by atoms with Crippen molar-refractivity contribution in [2.24, 2.45) is 0 Å². The molecule has 0 saturated heterocycles. The van der Waals surface area contributed by atoms with Gasteiger partial charge in [0.25, 0.3) is 5.91 Å². The summed E-state index contributed by atoms with van der Waals surface area (Å²) >= 11 is 0. The van der Waals surface area contributed by atoms with Gasteiger partial charge in [0.1, 0.15) is 11.5 Å². The van der Waals surface area contributed by atoms with Crippen LogP contribution >= 0.6 is 0 Å². The second-order valence-electron chi connectivity index (χ2n) is 4.52. The van der Waals surface area contributed by atoms with Crippen LogP contribution in [0, 0.1) is 5.82 Å². The standard InChI is InChI=1S/C13H17FN2O2/c14-10-5-6-12(15-9-10)13(18)16(7-2-8-17)11-3-1-4-11/h5-6,9,11,17H,1-4,7-8H2. The van der Waals surface area contributed by atoms with Crippen LogP contribution in [-0.2, 0) is 0 Å². The van der Waals surface area contributed by atoms with E-state index in [4.69, 9.17) is 5.11 Å². The van der Waals surface area contributed by atoms with Crippen molar-refractivity contribution in [1.29, 1.82) is 0 Å². The molecular formula is C13H17FN2O2. The molecular weight excluding hydrogens is 235 g/mol. The third-order valence-electron chi connectivity index (χ3n) is 3.28. The van der Waals surface area contributed by atoms with E-state index in [2.05, 4.69) is 4.98 Å². The highest BCUT2D eigenvalue weighted by Gasteiger charge is 2.29. The number of halogens is 1. The van der Waals surface area contributed by atoms with Gasteiger partial charge in [-0.1, -0.05) is 0 Å². The fourth-order valence-corrected chi connectivity index (χ4v) is 2.04. The van der Waals surface area contributed by atoms with Gasteiger partial charge in [-0.2, -0.15) is 0 Å². The molecule has 0 spiro atoms. The van der Waals surface area contributed by atoms with Gasteiger partial charge < -0.3 is 10.0 Å². The smallest absolute Gasteiger partial charge is 0.272 e. The first-order valence-corrected chi connectivity index (χ1v) is 6.26. The Morgan fingerprint density at radius 2 is 2.28 bits per heavy atom. The number of rotatable bonds is 5. The van der Waals surface area contributed by atoms with Crippen molar-refractivity contribution in [1.82, 2.24) is 9.88 Å². The van der Waals surface area contributed by atoms with Crippen LogP contribution in [-0.4, -0.2) is 40.1 Å². The number of nitrogens with zero attached hydrogens (tertiary/aromatic N) is 2. The molecule has 18 heavy (non-hydrogen) atoms. The van der Waals surface area contributed by atoms with Gasteiger partial charge in [0, 0.05) is 19.2 Å². The predicted molar refractivity (Wildman–Crippen MR) is 64.6 cm³/mol. The molecule has 1 amide bonds.